The van der Waals surface area contributed by atoms with Crippen molar-refractivity contribution < 1.29 is 31.5 Å². The van der Waals surface area contributed by atoms with E-state index in [-0.39, 0.29) is 23.8 Å². The smallest absolute Gasteiger partial charge is 0.270 e. The lowest BCUT2D eigenvalue weighted by Crippen LogP contribution is -2.24. The second-order valence-corrected chi connectivity index (χ2v) is 11.4. The van der Waals surface area contributed by atoms with Gasteiger partial charge in [-0.1, -0.05) is 17.3 Å². The van der Waals surface area contributed by atoms with Crippen LogP contribution in [0.4, 0.5) is 14.5 Å². The Morgan fingerprint density at radius 1 is 0.935 bits per heavy atom. The zero-order valence-corrected chi connectivity index (χ0v) is 25.0. The third kappa shape index (κ3) is 5.92. The van der Waals surface area contributed by atoms with Gasteiger partial charge in [-0.15, -0.1) is 5.10 Å². The number of anilines is 1. The van der Waals surface area contributed by atoms with Gasteiger partial charge < -0.3 is 14.8 Å². The summed E-state index contributed by atoms with van der Waals surface area (Å²) in [5.41, 5.74) is 2.79. The second-order valence-electron chi connectivity index (χ2n) is 9.76. The molecule has 1 amide bonds. The van der Waals surface area contributed by atoms with Crippen LogP contribution in [-0.4, -0.2) is 57.9 Å². The van der Waals surface area contributed by atoms with Crippen LogP contribution in [0.15, 0.2) is 90.3 Å². The highest BCUT2D eigenvalue weighted by Gasteiger charge is 2.23. The first-order valence-corrected chi connectivity index (χ1v) is 15.0. The number of hydrogen-bond donors (Lipinski definition) is 2. The molecule has 46 heavy (non-hydrogen) atoms. The number of nitrogens with zero attached hydrogens (tertiary/aromatic N) is 6. The summed E-state index contributed by atoms with van der Waals surface area (Å²) in [6.45, 7) is 0.0848. The van der Waals surface area contributed by atoms with E-state index in [9.17, 15) is 22.0 Å². The number of hydrogen-bond acceptors (Lipinski definition) is 9. The number of para-hydroxylation sites is 2. The van der Waals surface area contributed by atoms with Crippen molar-refractivity contribution in [3.63, 3.8) is 0 Å². The number of nitrogens with one attached hydrogen (secondary N) is 2. The zero-order chi connectivity index (χ0) is 32.4. The fraction of sp³-hybridized carbons (Fsp3) is 0.100. The normalized spacial score (nSPS) is 11.4. The lowest BCUT2D eigenvalue weighted by molar-refractivity contribution is 0.0944. The number of ether oxygens (including phenoxy) is 2. The fourth-order valence-electron chi connectivity index (χ4n) is 4.64. The van der Waals surface area contributed by atoms with Gasteiger partial charge in [-0.25, -0.2) is 31.8 Å². The maximum absolute atomic E-state index is 14.3. The van der Waals surface area contributed by atoms with Crippen LogP contribution in [0.3, 0.4) is 0 Å². The summed E-state index contributed by atoms with van der Waals surface area (Å²) >= 11 is 0. The summed E-state index contributed by atoms with van der Waals surface area (Å²) in [4.78, 5) is 20.9. The minimum atomic E-state index is -4.48. The summed E-state index contributed by atoms with van der Waals surface area (Å²) in [6.07, 6.45) is 6.18. The van der Waals surface area contributed by atoms with Crippen LogP contribution in [0.5, 0.6) is 11.6 Å². The highest BCUT2D eigenvalue weighted by Crippen LogP contribution is 2.31. The van der Waals surface area contributed by atoms with E-state index in [0.717, 1.165) is 12.1 Å². The molecule has 2 N–H and O–H groups in total. The minimum absolute atomic E-state index is 0.0822. The number of methoxy groups -OCH3 is 2. The molecule has 0 spiro atoms. The molecule has 0 radical (unpaired) electrons. The van der Waals surface area contributed by atoms with Gasteiger partial charge in [0, 0.05) is 29.6 Å². The Morgan fingerprint density at radius 2 is 1.76 bits per heavy atom. The minimum Gasteiger partial charge on any atom is -0.494 e. The van der Waals surface area contributed by atoms with Crippen LogP contribution in [-0.2, 0) is 16.6 Å². The zero-order valence-electron chi connectivity index (χ0n) is 24.2. The van der Waals surface area contributed by atoms with E-state index in [1.807, 2.05) is 18.2 Å². The topological polar surface area (TPSA) is 155 Å². The maximum Gasteiger partial charge on any atom is 0.270 e. The van der Waals surface area contributed by atoms with Gasteiger partial charge in [0.05, 0.1) is 33.2 Å². The predicted molar refractivity (Wildman–Crippen MR) is 161 cm³/mol. The quantitative estimate of drug-likeness (QED) is 0.225. The van der Waals surface area contributed by atoms with E-state index < -0.39 is 32.5 Å². The van der Waals surface area contributed by atoms with Gasteiger partial charge in [-0.05, 0) is 42.5 Å². The van der Waals surface area contributed by atoms with Crippen molar-refractivity contribution in [1.82, 2.24) is 34.7 Å². The molecule has 4 heterocycles. The van der Waals surface area contributed by atoms with Crippen molar-refractivity contribution in [1.29, 1.82) is 0 Å². The molecule has 0 aliphatic heterocycles. The van der Waals surface area contributed by atoms with E-state index in [1.165, 1.54) is 25.6 Å². The van der Waals surface area contributed by atoms with Crippen molar-refractivity contribution in [2.45, 2.75) is 11.4 Å². The number of carbonyl (C=O) groups is 1. The van der Waals surface area contributed by atoms with Crippen LogP contribution in [0.25, 0.3) is 22.5 Å². The van der Waals surface area contributed by atoms with Gasteiger partial charge in [-0.3, -0.25) is 13.9 Å². The number of fused-ring (bicyclic) bond motifs is 1. The monoisotopic (exact) mass is 646 g/mol. The molecule has 2 aromatic carbocycles. The molecule has 0 atom stereocenters. The maximum atomic E-state index is 14.3. The van der Waals surface area contributed by atoms with Gasteiger partial charge in [0.15, 0.2) is 0 Å². The molecule has 0 aliphatic rings. The molecular formula is C30H24F2N8O5S. The van der Waals surface area contributed by atoms with Crippen LogP contribution in [0.1, 0.15) is 16.2 Å². The predicted octanol–water partition coefficient (Wildman–Crippen LogP) is 4.00. The first-order chi connectivity index (χ1) is 22.2. The molecule has 6 aromatic rings. The van der Waals surface area contributed by atoms with Crippen LogP contribution >= 0.6 is 0 Å². The molecule has 0 bridgehead atoms. The summed E-state index contributed by atoms with van der Waals surface area (Å²) in [5, 5.41) is 11.1. The molecule has 0 unspecified atom stereocenters. The SMILES string of the molecule is COc1ccccc1-n1cc(CNC(=O)c2cnc3ccc(-c4cnc(OC)c(NS(=O)(=O)c5ccc(F)cc5F)c4)cn23)nn1. The number of carbonyl (C=O) groups excluding carboxylic acids is 1. The Morgan fingerprint density at radius 3 is 2.54 bits per heavy atom. The number of sulfonamides is 1. The number of halogens is 2. The molecule has 4 aromatic heterocycles. The highest BCUT2D eigenvalue weighted by atomic mass is 32.2. The third-order valence-corrected chi connectivity index (χ3v) is 8.25. The molecule has 6 rings (SSSR count). The number of pyridine rings is 2. The van der Waals surface area contributed by atoms with Crippen molar-refractivity contribution in [3.8, 4) is 28.4 Å². The molecule has 0 saturated heterocycles. The molecule has 0 fully saturated rings. The Kier molecular flexibility index (Phi) is 8.02. The molecule has 0 aliphatic carbocycles. The van der Waals surface area contributed by atoms with Crippen molar-refractivity contribution in [2.75, 3.05) is 18.9 Å². The average Bonchev–Trinajstić information content (AvgIpc) is 3.70. The standard InChI is InChI=1S/C30H24F2N8O5S/c1-44-26-6-4-3-5-24(26)40-17-21(36-38-40)14-34-29(41)25-15-33-28-10-7-18(16-39(25)28)19-11-23(30(45-2)35-13-19)37-46(42,43)27-9-8-20(31)12-22(27)32/h3-13,15-17,37H,14H2,1-2H3,(H,34,41). The first-order valence-electron chi connectivity index (χ1n) is 13.5. The molecule has 0 saturated carbocycles. The van der Waals surface area contributed by atoms with Crippen molar-refractivity contribution >= 4 is 27.3 Å². The molecule has 234 valence electrons. The lowest BCUT2D eigenvalue weighted by Gasteiger charge is -2.13. The van der Waals surface area contributed by atoms with Crippen LogP contribution < -0.4 is 19.5 Å². The Hall–Kier alpha value is -5.90. The van der Waals surface area contributed by atoms with Gasteiger partial charge in [0.25, 0.3) is 15.9 Å². The molecule has 13 nitrogen and oxygen atoms in total. The van der Waals surface area contributed by atoms with Crippen LogP contribution in [0, 0.1) is 11.6 Å². The van der Waals surface area contributed by atoms with Crippen molar-refractivity contribution in [2.24, 2.45) is 0 Å². The van der Waals surface area contributed by atoms with Crippen molar-refractivity contribution in [3.05, 3.63) is 108 Å². The summed E-state index contributed by atoms with van der Waals surface area (Å²) in [7, 11) is -1.63. The molecule has 16 heteroatoms. The van der Waals surface area contributed by atoms with E-state index in [2.05, 4.69) is 30.3 Å². The number of amides is 1. The molecular weight excluding hydrogens is 622 g/mol. The van der Waals surface area contributed by atoms with E-state index in [0.29, 0.717) is 40.0 Å². The van der Waals surface area contributed by atoms with E-state index in [4.69, 9.17) is 9.47 Å². The van der Waals surface area contributed by atoms with Gasteiger partial charge in [0.1, 0.15) is 50.7 Å². The van der Waals surface area contributed by atoms with Gasteiger partial charge in [0.2, 0.25) is 5.88 Å². The van der Waals surface area contributed by atoms with E-state index in [1.54, 1.807) is 46.8 Å². The Bertz CT molecular complexity index is 2200. The summed E-state index contributed by atoms with van der Waals surface area (Å²) in [6, 6.07) is 14.3. The highest BCUT2D eigenvalue weighted by molar-refractivity contribution is 7.92. The fourth-order valence-corrected chi connectivity index (χ4v) is 5.74. The summed E-state index contributed by atoms with van der Waals surface area (Å²) in [5.74, 6) is -2.08. The van der Waals surface area contributed by atoms with Gasteiger partial charge in [-0.2, -0.15) is 0 Å². The second kappa shape index (κ2) is 12.2. The number of aromatic nitrogens is 6. The third-order valence-electron chi connectivity index (χ3n) is 6.85. The number of imidazole rings is 1. The number of benzene rings is 2. The Balaban J connectivity index is 1.24. The van der Waals surface area contributed by atoms with E-state index >= 15 is 0 Å². The first kappa shape index (κ1) is 30.1. The average molecular weight is 647 g/mol. The lowest BCUT2D eigenvalue weighted by atomic mass is 10.1. The summed E-state index contributed by atoms with van der Waals surface area (Å²) < 4.78 is 69.5. The van der Waals surface area contributed by atoms with Crippen LogP contribution in [0.2, 0.25) is 0 Å². The number of rotatable bonds is 10. The largest absolute Gasteiger partial charge is 0.494 e. The van der Waals surface area contributed by atoms with Gasteiger partial charge >= 0.3 is 0 Å². The Labute approximate surface area is 260 Å².